The lowest BCUT2D eigenvalue weighted by Crippen LogP contribution is -2.29. The molecule has 2 heterocycles. The van der Waals surface area contributed by atoms with Crippen molar-refractivity contribution in [3.8, 4) is 0 Å². The zero-order chi connectivity index (χ0) is 22.6. The van der Waals surface area contributed by atoms with Gasteiger partial charge in [-0.15, -0.1) is 0 Å². The molecule has 0 spiro atoms. The minimum atomic E-state index is -0.604. The predicted molar refractivity (Wildman–Crippen MR) is 127 cm³/mol. The van der Waals surface area contributed by atoms with Crippen LogP contribution < -0.4 is 5.43 Å². The Morgan fingerprint density at radius 3 is 2.41 bits per heavy atom. The van der Waals surface area contributed by atoms with Gasteiger partial charge in [0.05, 0.1) is 17.0 Å². The van der Waals surface area contributed by atoms with Crippen LogP contribution in [0.5, 0.6) is 0 Å². The molecule has 1 aliphatic rings. The Kier molecular flexibility index (Phi) is 5.07. The van der Waals surface area contributed by atoms with Crippen molar-refractivity contribution in [2.24, 2.45) is 0 Å². The van der Waals surface area contributed by atoms with Gasteiger partial charge in [0.25, 0.3) is 5.91 Å². The highest BCUT2D eigenvalue weighted by atomic mass is 35.5. The minimum Gasteiger partial charge on any atom is -0.450 e. The van der Waals surface area contributed by atoms with E-state index in [1.807, 2.05) is 56.3 Å². The van der Waals surface area contributed by atoms with Gasteiger partial charge in [-0.25, -0.2) is 0 Å². The second-order valence-corrected chi connectivity index (χ2v) is 8.95. The van der Waals surface area contributed by atoms with E-state index in [1.165, 1.54) is 0 Å². The highest BCUT2D eigenvalue weighted by molar-refractivity contribution is 6.31. The fraction of sp³-hybridized carbons (Fsp3) is 0.154. The van der Waals surface area contributed by atoms with E-state index in [0.717, 1.165) is 22.3 Å². The van der Waals surface area contributed by atoms with Gasteiger partial charge < -0.3 is 9.32 Å². The summed E-state index contributed by atoms with van der Waals surface area (Å²) in [6.45, 7) is 4.05. The molecule has 1 amide bonds. The number of halogens is 2. The number of amides is 1. The molecule has 0 N–H and O–H groups in total. The molecule has 0 radical (unpaired) electrons. The monoisotopic (exact) mass is 463 g/mol. The van der Waals surface area contributed by atoms with E-state index >= 15 is 0 Å². The maximum atomic E-state index is 13.7. The topological polar surface area (TPSA) is 50.5 Å². The van der Waals surface area contributed by atoms with E-state index in [1.54, 1.807) is 23.1 Å². The zero-order valence-corrected chi connectivity index (χ0v) is 19.0. The highest BCUT2D eigenvalue weighted by Crippen LogP contribution is 2.40. The van der Waals surface area contributed by atoms with Crippen LogP contribution in [-0.2, 0) is 6.54 Å². The molecule has 0 aliphatic carbocycles. The lowest BCUT2D eigenvalue weighted by atomic mass is 9.97. The molecule has 0 saturated carbocycles. The first-order chi connectivity index (χ1) is 15.3. The highest BCUT2D eigenvalue weighted by Gasteiger charge is 2.43. The Morgan fingerprint density at radius 2 is 1.69 bits per heavy atom. The minimum absolute atomic E-state index is 0.0847. The van der Waals surface area contributed by atoms with E-state index in [2.05, 4.69) is 0 Å². The molecule has 32 heavy (non-hydrogen) atoms. The molecule has 4 aromatic rings. The normalized spacial score (nSPS) is 15.4. The number of hydrogen-bond donors (Lipinski definition) is 0. The van der Waals surface area contributed by atoms with Crippen LogP contribution in [0.3, 0.4) is 0 Å². The molecule has 1 unspecified atom stereocenters. The van der Waals surface area contributed by atoms with Crippen LogP contribution in [0.4, 0.5) is 0 Å². The van der Waals surface area contributed by atoms with Crippen LogP contribution in [0.25, 0.3) is 11.0 Å². The molecule has 0 bridgehead atoms. The van der Waals surface area contributed by atoms with Gasteiger partial charge in [-0.05, 0) is 60.4 Å². The standard InChI is InChI=1S/C26H19Cl2NO3/c1-14-11-15(2)24-19(12-14)23(30)21-22(16-7-9-18(27)10-8-16)29(26(31)25(21)32-24)13-17-5-3-4-6-20(17)28/h3-12,22H,13H2,1-2H3. The van der Waals surface area contributed by atoms with E-state index in [4.69, 9.17) is 27.6 Å². The van der Waals surface area contributed by atoms with Gasteiger partial charge in [0, 0.05) is 16.6 Å². The van der Waals surface area contributed by atoms with Gasteiger partial charge in [-0.2, -0.15) is 0 Å². The van der Waals surface area contributed by atoms with Gasteiger partial charge in [-0.3, -0.25) is 9.59 Å². The Balaban J connectivity index is 1.76. The second-order valence-electron chi connectivity index (χ2n) is 8.11. The first kappa shape index (κ1) is 20.8. The third-order valence-corrected chi connectivity index (χ3v) is 6.50. The summed E-state index contributed by atoms with van der Waals surface area (Å²) in [7, 11) is 0. The molecular weight excluding hydrogens is 445 g/mol. The number of carbonyl (C=O) groups is 1. The molecular formula is C26H19Cl2NO3. The van der Waals surface area contributed by atoms with E-state index in [0.29, 0.717) is 26.6 Å². The Bertz CT molecular complexity index is 1440. The van der Waals surface area contributed by atoms with Gasteiger partial charge in [0.1, 0.15) is 5.58 Å². The summed E-state index contributed by atoms with van der Waals surface area (Å²) in [6, 6.07) is 17.7. The van der Waals surface area contributed by atoms with E-state index < -0.39 is 6.04 Å². The summed E-state index contributed by atoms with van der Waals surface area (Å²) < 4.78 is 6.11. The second kappa shape index (κ2) is 7.80. The summed E-state index contributed by atoms with van der Waals surface area (Å²) in [5, 5.41) is 1.61. The number of carbonyl (C=O) groups excluding carboxylic acids is 1. The molecule has 4 nitrogen and oxygen atoms in total. The van der Waals surface area contributed by atoms with Gasteiger partial charge in [-0.1, -0.05) is 59.6 Å². The number of hydrogen-bond acceptors (Lipinski definition) is 3. The van der Waals surface area contributed by atoms with Crippen molar-refractivity contribution < 1.29 is 9.21 Å². The predicted octanol–water partition coefficient (Wildman–Crippen LogP) is 6.46. The summed E-state index contributed by atoms with van der Waals surface area (Å²) in [5.74, 6) is -0.250. The first-order valence-electron chi connectivity index (χ1n) is 10.2. The molecule has 0 fully saturated rings. The smallest absolute Gasteiger partial charge is 0.291 e. The van der Waals surface area contributed by atoms with Crippen LogP contribution in [0.15, 0.2) is 69.9 Å². The van der Waals surface area contributed by atoms with Crippen molar-refractivity contribution in [2.75, 3.05) is 0 Å². The number of rotatable bonds is 3. The molecule has 0 saturated heterocycles. The lowest BCUT2D eigenvalue weighted by Gasteiger charge is -2.25. The van der Waals surface area contributed by atoms with Crippen molar-refractivity contribution in [3.05, 3.63) is 115 Å². The Hall–Kier alpha value is -3.08. The van der Waals surface area contributed by atoms with Crippen molar-refractivity contribution in [2.45, 2.75) is 26.4 Å². The molecule has 6 heteroatoms. The van der Waals surface area contributed by atoms with Crippen LogP contribution >= 0.6 is 23.2 Å². The third-order valence-electron chi connectivity index (χ3n) is 5.88. The van der Waals surface area contributed by atoms with Crippen LogP contribution in [0, 0.1) is 13.8 Å². The van der Waals surface area contributed by atoms with Crippen molar-refractivity contribution >= 4 is 40.1 Å². The number of aryl methyl sites for hydroxylation is 2. The average Bonchev–Trinajstić information content (AvgIpc) is 3.03. The number of nitrogens with zero attached hydrogens (tertiary/aromatic N) is 1. The fourth-order valence-corrected chi connectivity index (χ4v) is 4.76. The van der Waals surface area contributed by atoms with Crippen LogP contribution in [-0.4, -0.2) is 10.8 Å². The molecule has 1 aliphatic heterocycles. The maximum Gasteiger partial charge on any atom is 0.291 e. The SMILES string of the molecule is Cc1cc(C)c2oc3c(c(=O)c2c1)C(c1ccc(Cl)cc1)N(Cc1ccccc1Cl)C3=O. The van der Waals surface area contributed by atoms with Gasteiger partial charge >= 0.3 is 0 Å². The fourth-order valence-electron chi connectivity index (χ4n) is 4.44. The third kappa shape index (κ3) is 3.31. The van der Waals surface area contributed by atoms with Crippen LogP contribution in [0.2, 0.25) is 10.0 Å². The lowest BCUT2D eigenvalue weighted by molar-refractivity contribution is 0.0714. The number of benzene rings is 3. The van der Waals surface area contributed by atoms with E-state index in [-0.39, 0.29) is 23.6 Å². The van der Waals surface area contributed by atoms with Gasteiger partial charge in [0.2, 0.25) is 5.76 Å². The van der Waals surface area contributed by atoms with Crippen LogP contribution in [0.1, 0.15) is 44.4 Å². The van der Waals surface area contributed by atoms with Crippen molar-refractivity contribution in [1.29, 1.82) is 0 Å². The maximum absolute atomic E-state index is 13.7. The largest absolute Gasteiger partial charge is 0.450 e. The molecule has 1 atom stereocenters. The summed E-state index contributed by atoms with van der Waals surface area (Å²) in [4.78, 5) is 28.9. The molecule has 1 aromatic heterocycles. The Labute approximate surface area is 195 Å². The number of fused-ring (bicyclic) bond motifs is 2. The summed E-state index contributed by atoms with van der Waals surface area (Å²) in [6.07, 6.45) is 0. The first-order valence-corrected chi connectivity index (χ1v) is 11.0. The van der Waals surface area contributed by atoms with Crippen molar-refractivity contribution in [3.63, 3.8) is 0 Å². The zero-order valence-electron chi connectivity index (χ0n) is 17.5. The summed E-state index contributed by atoms with van der Waals surface area (Å²) in [5.41, 5.74) is 3.96. The summed E-state index contributed by atoms with van der Waals surface area (Å²) >= 11 is 12.5. The molecule has 5 rings (SSSR count). The molecule has 3 aromatic carbocycles. The quantitative estimate of drug-likeness (QED) is 0.350. The van der Waals surface area contributed by atoms with E-state index in [9.17, 15) is 9.59 Å². The van der Waals surface area contributed by atoms with Crippen molar-refractivity contribution in [1.82, 2.24) is 4.90 Å². The molecule has 160 valence electrons. The Morgan fingerprint density at radius 1 is 0.969 bits per heavy atom. The van der Waals surface area contributed by atoms with Gasteiger partial charge in [0.15, 0.2) is 5.43 Å². The average molecular weight is 464 g/mol.